The smallest absolute Gasteiger partial charge is 0.372 e. The number of phosphoric ester groups is 1. The largest absolute Gasteiger partial charge is 0.490 e. The van der Waals surface area contributed by atoms with E-state index in [4.69, 9.17) is 19.0 Å². The van der Waals surface area contributed by atoms with Gasteiger partial charge in [-0.2, -0.15) is 8.62 Å². The highest BCUT2D eigenvalue weighted by molar-refractivity contribution is 7.66. The first-order valence-corrected chi connectivity index (χ1v) is 17.3. The van der Waals surface area contributed by atoms with Gasteiger partial charge in [-0.3, -0.25) is 4.52 Å². The van der Waals surface area contributed by atoms with Crippen molar-refractivity contribution in [1.29, 1.82) is 0 Å². The van der Waals surface area contributed by atoms with Crippen LogP contribution in [0.3, 0.4) is 0 Å². The Hall–Kier alpha value is 0.370. The van der Waals surface area contributed by atoms with Gasteiger partial charge in [-0.1, -0.05) is 78.1 Å². The Bertz CT molecular complexity index is 764. The maximum atomic E-state index is 11.9. The zero-order valence-corrected chi connectivity index (χ0v) is 23.5. The van der Waals surface area contributed by atoms with Crippen LogP contribution in [-0.2, 0) is 31.6 Å². The van der Waals surface area contributed by atoms with Crippen molar-refractivity contribution >= 4 is 23.5 Å². The SMILES string of the molecule is CCC(CC(C)[C@H]1CC[C@@H](COP(=O)(O)OP(=O)(O)OP(=O)(O)O)O1)C1CCCCCCCCC1. The van der Waals surface area contributed by atoms with Crippen LogP contribution in [0.5, 0.6) is 0 Å². The van der Waals surface area contributed by atoms with Crippen LogP contribution in [0.25, 0.3) is 0 Å². The minimum absolute atomic E-state index is 0.0156. The minimum atomic E-state index is -5.51. The number of hydrogen-bond acceptors (Lipinski definition) is 7. The van der Waals surface area contributed by atoms with Gasteiger partial charge in [0.05, 0.1) is 18.8 Å². The molecule has 1 saturated heterocycles. The molecule has 6 atom stereocenters. The van der Waals surface area contributed by atoms with Gasteiger partial charge in [0.25, 0.3) is 0 Å². The fourth-order valence-corrected chi connectivity index (χ4v) is 8.44. The minimum Gasteiger partial charge on any atom is -0.372 e. The highest BCUT2D eigenvalue weighted by Gasteiger charge is 2.41. The molecule has 2 rings (SSSR count). The Labute approximate surface area is 208 Å². The highest BCUT2D eigenvalue weighted by atomic mass is 31.3. The molecule has 2 fully saturated rings. The van der Waals surface area contributed by atoms with E-state index in [1.807, 2.05) is 0 Å². The summed E-state index contributed by atoms with van der Waals surface area (Å²) in [6, 6.07) is 0. The molecule has 0 radical (unpaired) electrons. The summed E-state index contributed by atoms with van der Waals surface area (Å²) in [5.74, 6) is 1.69. The second-order valence-corrected chi connectivity index (χ2v) is 14.4. The first kappa shape index (κ1) is 31.6. The molecule has 0 spiro atoms. The normalized spacial score (nSPS) is 28.6. The van der Waals surface area contributed by atoms with Crippen LogP contribution in [-0.4, -0.2) is 38.4 Å². The lowest BCUT2D eigenvalue weighted by Crippen LogP contribution is -2.26. The molecular formula is C21H43O11P3. The molecule has 1 heterocycles. The zero-order chi connectivity index (χ0) is 26.1. The van der Waals surface area contributed by atoms with Crippen molar-refractivity contribution in [3.05, 3.63) is 0 Å². The Morgan fingerprint density at radius 3 is 1.94 bits per heavy atom. The molecule has 0 amide bonds. The molecule has 1 aliphatic carbocycles. The van der Waals surface area contributed by atoms with Gasteiger partial charge in [0, 0.05) is 0 Å². The van der Waals surface area contributed by atoms with E-state index in [1.54, 1.807) is 0 Å². The number of phosphoric acid groups is 3. The average molecular weight is 564 g/mol. The summed E-state index contributed by atoms with van der Waals surface area (Å²) in [6.07, 6.45) is 14.9. The van der Waals surface area contributed by atoms with Gasteiger partial charge in [-0.15, -0.1) is 0 Å². The van der Waals surface area contributed by atoms with Crippen molar-refractivity contribution < 1.29 is 51.2 Å². The van der Waals surface area contributed by atoms with Gasteiger partial charge in [0.1, 0.15) is 0 Å². The topological polar surface area (TPSA) is 169 Å². The van der Waals surface area contributed by atoms with Crippen LogP contribution in [0.4, 0.5) is 0 Å². The van der Waals surface area contributed by atoms with E-state index in [1.165, 1.54) is 57.8 Å². The molecule has 0 aromatic rings. The van der Waals surface area contributed by atoms with E-state index in [0.29, 0.717) is 18.3 Å². The van der Waals surface area contributed by atoms with Crippen molar-refractivity contribution in [2.24, 2.45) is 17.8 Å². The first-order valence-electron chi connectivity index (χ1n) is 12.7. The van der Waals surface area contributed by atoms with Gasteiger partial charge >= 0.3 is 23.5 Å². The summed E-state index contributed by atoms with van der Waals surface area (Å²) in [7, 11) is -16.0. The molecule has 1 aliphatic heterocycles. The Kier molecular flexibility index (Phi) is 13.1. The first-order chi connectivity index (χ1) is 16.3. The van der Waals surface area contributed by atoms with Crippen LogP contribution in [0.1, 0.15) is 97.3 Å². The van der Waals surface area contributed by atoms with E-state index in [2.05, 4.69) is 22.5 Å². The number of rotatable bonds is 12. The maximum Gasteiger partial charge on any atom is 0.490 e. The molecule has 0 bridgehead atoms. The van der Waals surface area contributed by atoms with E-state index < -0.39 is 29.6 Å². The molecule has 11 nitrogen and oxygen atoms in total. The molecule has 4 unspecified atom stereocenters. The molecule has 14 heteroatoms. The van der Waals surface area contributed by atoms with Crippen LogP contribution >= 0.6 is 23.5 Å². The fraction of sp³-hybridized carbons (Fsp3) is 1.00. The van der Waals surface area contributed by atoms with E-state index in [0.717, 1.165) is 25.2 Å². The van der Waals surface area contributed by atoms with Crippen molar-refractivity contribution in [2.45, 2.75) is 110 Å². The second-order valence-electron chi connectivity index (χ2n) is 9.95. The van der Waals surface area contributed by atoms with Crippen molar-refractivity contribution in [3.8, 4) is 0 Å². The quantitative estimate of drug-likeness (QED) is 0.203. The third kappa shape index (κ3) is 12.6. The lowest BCUT2D eigenvalue weighted by molar-refractivity contribution is -0.0174. The molecule has 4 N–H and O–H groups in total. The van der Waals surface area contributed by atoms with Crippen LogP contribution in [0.2, 0.25) is 0 Å². The van der Waals surface area contributed by atoms with Crippen molar-refractivity contribution in [2.75, 3.05) is 6.61 Å². The Morgan fingerprint density at radius 1 is 0.829 bits per heavy atom. The van der Waals surface area contributed by atoms with E-state index >= 15 is 0 Å². The summed E-state index contributed by atoms with van der Waals surface area (Å²) in [5, 5.41) is 0. The molecule has 0 aromatic heterocycles. The van der Waals surface area contributed by atoms with E-state index in [-0.39, 0.29) is 12.7 Å². The monoisotopic (exact) mass is 564 g/mol. The summed E-state index contributed by atoms with van der Waals surface area (Å²) in [6.45, 7) is 4.07. The van der Waals surface area contributed by atoms with Crippen molar-refractivity contribution in [1.82, 2.24) is 0 Å². The summed E-state index contributed by atoms with van der Waals surface area (Å²) < 4.78 is 52.4. The lowest BCUT2D eigenvalue weighted by atomic mass is 9.76. The Balaban J connectivity index is 1.82. The fourth-order valence-electron chi connectivity index (χ4n) is 5.39. The van der Waals surface area contributed by atoms with Gasteiger partial charge in [-0.05, 0) is 37.0 Å². The summed E-state index contributed by atoms with van der Waals surface area (Å²) in [5.41, 5.74) is 0. The molecule has 1 saturated carbocycles. The molecule has 2 aliphatic rings. The van der Waals surface area contributed by atoms with Crippen LogP contribution in [0, 0.1) is 17.8 Å². The van der Waals surface area contributed by atoms with Gasteiger partial charge in [0.15, 0.2) is 0 Å². The highest BCUT2D eigenvalue weighted by Crippen LogP contribution is 2.66. The molecule has 35 heavy (non-hydrogen) atoms. The zero-order valence-electron chi connectivity index (χ0n) is 20.8. The van der Waals surface area contributed by atoms with Crippen LogP contribution in [0.15, 0.2) is 0 Å². The average Bonchev–Trinajstić information content (AvgIpc) is 3.21. The van der Waals surface area contributed by atoms with Gasteiger partial charge in [-0.25, -0.2) is 13.7 Å². The van der Waals surface area contributed by atoms with Gasteiger partial charge in [0.2, 0.25) is 0 Å². The predicted octanol–water partition coefficient (Wildman–Crippen LogP) is 6.07. The second kappa shape index (κ2) is 14.5. The molecule has 0 aromatic carbocycles. The van der Waals surface area contributed by atoms with Gasteiger partial charge < -0.3 is 24.3 Å². The Morgan fingerprint density at radius 2 is 1.40 bits per heavy atom. The number of hydrogen-bond donors (Lipinski definition) is 4. The van der Waals surface area contributed by atoms with Crippen LogP contribution < -0.4 is 0 Å². The molecule has 208 valence electrons. The third-order valence-electron chi connectivity index (χ3n) is 7.13. The third-order valence-corrected chi connectivity index (χ3v) is 10.9. The summed E-state index contributed by atoms with van der Waals surface area (Å²) in [4.78, 5) is 36.1. The van der Waals surface area contributed by atoms with E-state index in [9.17, 15) is 23.5 Å². The summed E-state index contributed by atoms with van der Waals surface area (Å²) >= 11 is 0. The lowest BCUT2D eigenvalue weighted by Gasteiger charge is -2.31. The molecular weight excluding hydrogens is 521 g/mol. The predicted molar refractivity (Wildman–Crippen MR) is 130 cm³/mol. The standard InChI is InChI=1S/C21H43O11P3/c1-3-18(19-11-9-7-5-4-6-8-10-12-19)15-17(2)21-14-13-20(30-21)16-29-34(25,26)32-35(27,28)31-33(22,23)24/h17-21H,3-16H2,1-2H3,(H,25,26)(H,27,28)(H2,22,23,24)/t17?,18?,20-,21+/m0/s1. The maximum absolute atomic E-state index is 11.9. The van der Waals surface area contributed by atoms with Crippen molar-refractivity contribution in [3.63, 3.8) is 0 Å². The number of ether oxygens (including phenoxy) is 1.